The molecule has 1 fully saturated rings. The maximum Gasteiger partial charge on any atom is 0.246 e. The van der Waals surface area contributed by atoms with Gasteiger partial charge in [0.15, 0.2) is 0 Å². The Balaban J connectivity index is 2.94. The van der Waals surface area contributed by atoms with E-state index >= 15 is 0 Å². The van der Waals surface area contributed by atoms with Crippen LogP contribution in [0.25, 0.3) is 0 Å². The van der Waals surface area contributed by atoms with E-state index in [0.29, 0.717) is 6.42 Å². The highest BCUT2D eigenvalue weighted by Crippen LogP contribution is 2.19. The number of nitrogens with one attached hydrogen (secondary N) is 1. The minimum atomic E-state index is -0.397. The molecule has 0 aromatic heterocycles. The number of carbonyl (C=O) groups excluding carboxylic acids is 2. The number of carbonyl (C=O) groups is 2. The van der Waals surface area contributed by atoms with Gasteiger partial charge < -0.3 is 10.2 Å². The Hall–Kier alpha value is -1.32. The lowest BCUT2D eigenvalue weighted by Gasteiger charge is -2.42. The first-order valence-electron chi connectivity index (χ1n) is 6.13. The van der Waals surface area contributed by atoms with E-state index < -0.39 is 12.1 Å². The largest absolute Gasteiger partial charge is 0.342 e. The molecule has 0 saturated carbocycles. The third-order valence-electron chi connectivity index (χ3n) is 3.26. The fourth-order valence-corrected chi connectivity index (χ4v) is 2.22. The Bertz CT molecular complexity index is 325. The van der Waals surface area contributed by atoms with E-state index in [-0.39, 0.29) is 23.8 Å². The zero-order chi connectivity index (χ0) is 13.2. The summed E-state index contributed by atoms with van der Waals surface area (Å²) in [6, 6.07) is -0.777. The highest BCUT2D eigenvalue weighted by Gasteiger charge is 2.41. The molecule has 1 rings (SSSR count). The molecule has 1 N–H and O–H groups in total. The maximum atomic E-state index is 12.3. The van der Waals surface area contributed by atoms with Crippen molar-refractivity contribution in [3.63, 3.8) is 0 Å². The molecule has 0 aromatic rings. The molecule has 4 heteroatoms. The number of rotatable bonds is 4. The van der Waals surface area contributed by atoms with Crippen LogP contribution in [0.2, 0.25) is 0 Å². The van der Waals surface area contributed by atoms with Crippen LogP contribution >= 0.6 is 0 Å². The molecule has 3 atom stereocenters. The summed E-state index contributed by atoms with van der Waals surface area (Å²) in [4.78, 5) is 25.8. The molecular weight excluding hydrogens is 216 g/mol. The Labute approximate surface area is 103 Å². The van der Waals surface area contributed by atoms with Gasteiger partial charge in [-0.1, -0.05) is 19.9 Å². The Kier molecular flexibility index (Phi) is 4.32. The highest BCUT2D eigenvalue weighted by atomic mass is 16.2. The molecule has 0 aromatic carbocycles. The van der Waals surface area contributed by atoms with Crippen LogP contribution in [-0.4, -0.2) is 34.8 Å². The summed E-state index contributed by atoms with van der Waals surface area (Å²) in [6.07, 6.45) is 2.48. The topological polar surface area (TPSA) is 49.4 Å². The summed E-state index contributed by atoms with van der Waals surface area (Å²) < 4.78 is 0. The van der Waals surface area contributed by atoms with Gasteiger partial charge >= 0.3 is 0 Å². The van der Waals surface area contributed by atoms with E-state index in [0.717, 1.165) is 0 Å². The van der Waals surface area contributed by atoms with Gasteiger partial charge in [-0.15, -0.1) is 6.58 Å². The van der Waals surface area contributed by atoms with E-state index in [9.17, 15) is 9.59 Å². The average molecular weight is 238 g/mol. The minimum absolute atomic E-state index is 0.0152. The van der Waals surface area contributed by atoms with Gasteiger partial charge in [-0.3, -0.25) is 9.59 Å². The molecule has 17 heavy (non-hydrogen) atoms. The third kappa shape index (κ3) is 2.68. The van der Waals surface area contributed by atoms with Crippen molar-refractivity contribution in [2.75, 3.05) is 0 Å². The summed E-state index contributed by atoms with van der Waals surface area (Å²) in [6.45, 7) is 11.3. The zero-order valence-electron chi connectivity index (χ0n) is 11.1. The molecule has 96 valence electrons. The fraction of sp³-hybridized carbons (Fsp3) is 0.692. The van der Waals surface area contributed by atoms with E-state index in [1.807, 2.05) is 20.8 Å². The summed E-state index contributed by atoms with van der Waals surface area (Å²) in [5.74, 6) is 0.0537. The van der Waals surface area contributed by atoms with Crippen molar-refractivity contribution in [2.45, 2.75) is 52.2 Å². The number of piperazine rings is 1. The standard InChI is InChI=1S/C13H22N2O2/c1-6-7-9(4)15-10(5)12(16)14-11(8(2)3)13(15)17/h6,8-11H,1,7H2,2-5H3,(H,14,16). The number of hydrogen-bond acceptors (Lipinski definition) is 2. The molecule has 1 aliphatic heterocycles. The second-order valence-electron chi connectivity index (χ2n) is 5.03. The van der Waals surface area contributed by atoms with Crippen molar-refractivity contribution in [3.8, 4) is 0 Å². The van der Waals surface area contributed by atoms with Crippen molar-refractivity contribution in [1.29, 1.82) is 0 Å². The van der Waals surface area contributed by atoms with Crippen LogP contribution in [0.5, 0.6) is 0 Å². The molecule has 0 spiro atoms. The minimum Gasteiger partial charge on any atom is -0.342 e. The number of nitrogens with zero attached hydrogens (tertiary/aromatic N) is 1. The lowest BCUT2D eigenvalue weighted by molar-refractivity contribution is -0.152. The average Bonchev–Trinajstić information content (AvgIpc) is 2.23. The summed E-state index contributed by atoms with van der Waals surface area (Å²) in [7, 11) is 0. The van der Waals surface area contributed by atoms with Crippen molar-refractivity contribution in [1.82, 2.24) is 10.2 Å². The van der Waals surface area contributed by atoms with E-state index in [2.05, 4.69) is 11.9 Å². The number of amides is 2. The molecule has 4 nitrogen and oxygen atoms in total. The van der Waals surface area contributed by atoms with Gasteiger partial charge in [0.2, 0.25) is 11.8 Å². The zero-order valence-corrected chi connectivity index (χ0v) is 11.1. The molecule has 0 bridgehead atoms. The van der Waals surface area contributed by atoms with Crippen LogP contribution in [0.4, 0.5) is 0 Å². The first-order chi connectivity index (χ1) is 7.90. The lowest BCUT2D eigenvalue weighted by Crippen LogP contribution is -2.65. The van der Waals surface area contributed by atoms with E-state index in [1.165, 1.54) is 0 Å². The van der Waals surface area contributed by atoms with Crippen LogP contribution in [0.3, 0.4) is 0 Å². The first-order valence-corrected chi connectivity index (χ1v) is 6.13. The maximum absolute atomic E-state index is 12.3. The van der Waals surface area contributed by atoms with Crippen molar-refractivity contribution < 1.29 is 9.59 Å². The van der Waals surface area contributed by atoms with Gasteiger partial charge in [0, 0.05) is 6.04 Å². The van der Waals surface area contributed by atoms with Gasteiger partial charge in [-0.05, 0) is 26.2 Å². The molecule has 0 radical (unpaired) electrons. The van der Waals surface area contributed by atoms with Gasteiger partial charge in [-0.25, -0.2) is 0 Å². The van der Waals surface area contributed by atoms with Gasteiger partial charge in [0.25, 0.3) is 0 Å². The molecule has 1 heterocycles. The summed E-state index contributed by atoms with van der Waals surface area (Å²) in [5, 5.41) is 2.79. The Morgan fingerprint density at radius 1 is 1.41 bits per heavy atom. The smallest absolute Gasteiger partial charge is 0.246 e. The molecule has 0 aliphatic carbocycles. The predicted molar refractivity (Wildman–Crippen MR) is 67.4 cm³/mol. The predicted octanol–water partition coefficient (Wildman–Crippen LogP) is 1.32. The Morgan fingerprint density at radius 3 is 2.47 bits per heavy atom. The van der Waals surface area contributed by atoms with Gasteiger partial charge in [-0.2, -0.15) is 0 Å². The van der Waals surface area contributed by atoms with Crippen LogP contribution < -0.4 is 5.32 Å². The Morgan fingerprint density at radius 2 is 2.00 bits per heavy atom. The van der Waals surface area contributed by atoms with Crippen LogP contribution in [0, 0.1) is 5.92 Å². The SMILES string of the molecule is C=CCC(C)N1C(=O)C(C(C)C)NC(=O)C1C. The normalized spacial score (nSPS) is 27.0. The van der Waals surface area contributed by atoms with Crippen LogP contribution in [-0.2, 0) is 9.59 Å². The third-order valence-corrected chi connectivity index (χ3v) is 3.26. The second-order valence-corrected chi connectivity index (χ2v) is 5.03. The summed E-state index contributed by atoms with van der Waals surface area (Å²) >= 11 is 0. The lowest BCUT2D eigenvalue weighted by atomic mass is 9.96. The van der Waals surface area contributed by atoms with Crippen molar-refractivity contribution >= 4 is 11.8 Å². The quantitative estimate of drug-likeness (QED) is 0.751. The first kappa shape index (κ1) is 13.7. The number of hydrogen-bond donors (Lipinski definition) is 1. The van der Waals surface area contributed by atoms with E-state index in [1.54, 1.807) is 17.9 Å². The van der Waals surface area contributed by atoms with E-state index in [4.69, 9.17) is 0 Å². The second kappa shape index (κ2) is 5.34. The van der Waals surface area contributed by atoms with Gasteiger partial charge in [0.1, 0.15) is 12.1 Å². The molecular formula is C13H22N2O2. The molecule has 1 saturated heterocycles. The van der Waals surface area contributed by atoms with Gasteiger partial charge in [0.05, 0.1) is 0 Å². The summed E-state index contributed by atoms with van der Waals surface area (Å²) in [5.41, 5.74) is 0. The highest BCUT2D eigenvalue weighted by molar-refractivity contribution is 5.97. The molecule has 2 amide bonds. The molecule has 1 aliphatic rings. The van der Waals surface area contributed by atoms with Crippen LogP contribution in [0.15, 0.2) is 12.7 Å². The van der Waals surface area contributed by atoms with Crippen molar-refractivity contribution in [3.05, 3.63) is 12.7 Å². The monoisotopic (exact) mass is 238 g/mol. The molecule has 3 unspecified atom stereocenters. The fourth-order valence-electron chi connectivity index (χ4n) is 2.22. The van der Waals surface area contributed by atoms with Crippen molar-refractivity contribution in [2.24, 2.45) is 5.92 Å². The van der Waals surface area contributed by atoms with Crippen LogP contribution in [0.1, 0.15) is 34.1 Å².